The quantitative estimate of drug-likeness (QED) is 0.739. The predicted octanol–water partition coefficient (Wildman–Crippen LogP) is 4.12. The van der Waals surface area contributed by atoms with E-state index in [0.717, 1.165) is 11.0 Å². The minimum Gasteiger partial charge on any atom is -0.434 e. The van der Waals surface area contributed by atoms with E-state index in [1.165, 1.54) is 6.07 Å². The maximum atomic E-state index is 12.8. The van der Waals surface area contributed by atoms with Gasteiger partial charge in [-0.3, -0.25) is 0 Å². The molecule has 1 aromatic rings. The maximum Gasteiger partial charge on any atom is 0.433 e. The van der Waals surface area contributed by atoms with E-state index in [4.69, 9.17) is 5.11 Å². The van der Waals surface area contributed by atoms with Gasteiger partial charge in [0.2, 0.25) is 6.10 Å². The van der Waals surface area contributed by atoms with Gasteiger partial charge in [0.25, 0.3) is 0 Å². The average Bonchev–Trinajstić information content (AvgIpc) is 2.62. The number of pyridine rings is 1. The molecule has 0 bridgehead atoms. The standard InChI is InChI=1S/C18H20F6N2O3/c19-17(20,21)13-3-1-2-12(25-13)11-8-16(9-11)4-6-26(7-5-16)15(28)29-14(10-27)18(22,23)24/h1-3,11,14,27H,4-10H2/t14-/m1/s1. The Bertz CT molecular complexity index is 736. The summed E-state index contributed by atoms with van der Waals surface area (Å²) in [4.78, 5) is 16.8. The highest BCUT2D eigenvalue weighted by Gasteiger charge is 2.49. The minimum absolute atomic E-state index is 0.111. The molecule has 5 nitrogen and oxygen atoms in total. The van der Waals surface area contributed by atoms with Crippen molar-refractivity contribution in [2.75, 3.05) is 19.7 Å². The van der Waals surface area contributed by atoms with Crippen molar-refractivity contribution in [2.45, 2.75) is 50.1 Å². The molecule has 3 rings (SSSR count). The third kappa shape index (κ3) is 4.76. The van der Waals surface area contributed by atoms with Gasteiger partial charge in [0.1, 0.15) is 5.69 Å². The highest BCUT2D eigenvalue weighted by atomic mass is 19.4. The SMILES string of the molecule is O=C(O[C@H](CO)C(F)(F)F)N1CCC2(CC1)CC(c1cccc(C(F)(F)F)n1)C2. The highest BCUT2D eigenvalue weighted by molar-refractivity contribution is 5.68. The Hall–Kier alpha value is -2.04. The Morgan fingerprint density at radius 3 is 2.34 bits per heavy atom. The fourth-order valence-corrected chi connectivity index (χ4v) is 4.01. The van der Waals surface area contributed by atoms with Crippen molar-refractivity contribution in [2.24, 2.45) is 5.41 Å². The first-order chi connectivity index (χ1) is 13.4. The molecule has 2 fully saturated rings. The van der Waals surface area contributed by atoms with Gasteiger partial charge in [-0.25, -0.2) is 9.78 Å². The molecule has 1 saturated heterocycles. The fourth-order valence-electron chi connectivity index (χ4n) is 4.01. The number of hydrogen-bond acceptors (Lipinski definition) is 4. The van der Waals surface area contributed by atoms with E-state index in [9.17, 15) is 31.1 Å². The monoisotopic (exact) mass is 426 g/mol. The van der Waals surface area contributed by atoms with Crippen molar-refractivity contribution < 1.29 is 41.0 Å². The first kappa shape index (κ1) is 21.7. The van der Waals surface area contributed by atoms with E-state index in [1.807, 2.05) is 0 Å². The van der Waals surface area contributed by atoms with Crippen LogP contribution in [0.2, 0.25) is 0 Å². The number of halogens is 6. The van der Waals surface area contributed by atoms with Gasteiger partial charge in [0, 0.05) is 24.7 Å². The molecule has 29 heavy (non-hydrogen) atoms. The molecule has 1 aliphatic heterocycles. The zero-order valence-corrected chi connectivity index (χ0v) is 15.3. The molecule has 1 aliphatic carbocycles. The van der Waals surface area contributed by atoms with E-state index >= 15 is 0 Å². The Kier molecular flexibility index (Phi) is 5.72. The topological polar surface area (TPSA) is 62.7 Å². The number of carbonyl (C=O) groups is 1. The van der Waals surface area contributed by atoms with Gasteiger partial charge in [-0.2, -0.15) is 26.3 Å². The van der Waals surface area contributed by atoms with E-state index in [1.54, 1.807) is 6.07 Å². The number of aliphatic hydroxyl groups excluding tert-OH is 1. The molecular formula is C18H20F6N2O3. The van der Waals surface area contributed by atoms with Crippen LogP contribution in [0.15, 0.2) is 18.2 Å². The van der Waals surface area contributed by atoms with Crippen molar-refractivity contribution in [3.8, 4) is 0 Å². The summed E-state index contributed by atoms with van der Waals surface area (Å²) in [6.45, 7) is -0.964. The summed E-state index contributed by atoms with van der Waals surface area (Å²) in [6, 6.07) is 3.81. The Balaban J connectivity index is 1.53. The summed E-state index contributed by atoms with van der Waals surface area (Å²) >= 11 is 0. The van der Waals surface area contributed by atoms with Crippen molar-refractivity contribution >= 4 is 6.09 Å². The van der Waals surface area contributed by atoms with Gasteiger partial charge in [-0.05, 0) is 43.2 Å². The molecule has 0 radical (unpaired) electrons. The normalized spacial score (nSPS) is 21.0. The lowest BCUT2D eigenvalue weighted by molar-refractivity contribution is -0.215. The Labute approximate surface area is 162 Å². The Morgan fingerprint density at radius 2 is 1.83 bits per heavy atom. The summed E-state index contributed by atoms with van der Waals surface area (Å²) in [6.07, 6.45) is -10.8. The van der Waals surface area contributed by atoms with E-state index in [0.29, 0.717) is 31.4 Å². The molecule has 162 valence electrons. The highest BCUT2D eigenvalue weighted by Crippen LogP contribution is 2.56. The van der Waals surface area contributed by atoms with Crippen LogP contribution < -0.4 is 0 Å². The van der Waals surface area contributed by atoms with E-state index in [2.05, 4.69) is 9.72 Å². The number of likely N-dealkylation sites (tertiary alicyclic amines) is 1. The van der Waals surface area contributed by atoms with Crippen molar-refractivity contribution in [3.05, 3.63) is 29.6 Å². The van der Waals surface area contributed by atoms with Crippen LogP contribution in [0.4, 0.5) is 31.1 Å². The number of rotatable bonds is 3. The molecule has 0 aromatic carbocycles. The van der Waals surface area contributed by atoms with Gasteiger partial charge < -0.3 is 14.7 Å². The number of aliphatic hydroxyl groups is 1. The maximum absolute atomic E-state index is 12.8. The zero-order valence-electron chi connectivity index (χ0n) is 15.3. The summed E-state index contributed by atoms with van der Waals surface area (Å²) < 4.78 is 80.6. The van der Waals surface area contributed by atoms with Crippen molar-refractivity contribution in [3.63, 3.8) is 0 Å². The lowest BCUT2D eigenvalue weighted by atomic mass is 9.57. The van der Waals surface area contributed by atoms with Crippen LogP contribution >= 0.6 is 0 Å². The molecule has 1 atom stereocenters. The molecule has 1 N–H and O–H groups in total. The molecule has 2 aliphatic rings. The van der Waals surface area contributed by atoms with Gasteiger partial charge in [0.05, 0.1) is 6.61 Å². The van der Waals surface area contributed by atoms with Crippen LogP contribution in [0.3, 0.4) is 0 Å². The fraction of sp³-hybridized carbons (Fsp3) is 0.667. The van der Waals surface area contributed by atoms with E-state index in [-0.39, 0.29) is 24.4 Å². The largest absolute Gasteiger partial charge is 0.434 e. The molecule has 1 aromatic heterocycles. The van der Waals surface area contributed by atoms with Crippen LogP contribution in [0, 0.1) is 5.41 Å². The second-order valence-corrected chi connectivity index (χ2v) is 7.63. The number of carbonyl (C=O) groups excluding carboxylic acids is 1. The number of ether oxygens (including phenoxy) is 1. The first-order valence-electron chi connectivity index (χ1n) is 9.11. The number of aromatic nitrogens is 1. The summed E-state index contributed by atoms with van der Waals surface area (Å²) in [5, 5.41) is 8.75. The van der Waals surface area contributed by atoms with Crippen LogP contribution in [0.25, 0.3) is 0 Å². The molecule has 1 spiro atoms. The van der Waals surface area contributed by atoms with Gasteiger partial charge >= 0.3 is 18.4 Å². The third-order valence-electron chi connectivity index (χ3n) is 5.69. The lowest BCUT2D eigenvalue weighted by Gasteiger charge is -2.52. The first-order valence-corrected chi connectivity index (χ1v) is 9.11. The minimum atomic E-state index is -4.85. The molecule has 2 heterocycles. The van der Waals surface area contributed by atoms with Crippen molar-refractivity contribution in [1.82, 2.24) is 9.88 Å². The van der Waals surface area contributed by atoms with E-state index < -0.39 is 36.9 Å². The van der Waals surface area contributed by atoms with Crippen molar-refractivity contribution in [1.29, 1.82) is 0 Å². The summed E-state index contributed by atoms with van der Waals surface area (Å²) in [5.74, 6) is -0.111. The van der Waals surface area contributed by atoms with Gasteiger partial charge in [-0.1, -0.05) is 6.07 Å². The molecule has 0 unspecified atom stereocenters. The average molecular weight is 426 g/mol. The summed E-state index contributed by atoms with van der Waals surface area (Å²) in [7, 11) is 0. The Morgan fingerprint density at radius 1 is 1.21 bits per heavy atom. The number of hydrogen-bond donors (Lipinski definition) is 1. The van der Waals surface area contributed by atoms with Crippen LogP contribution in [0.5, 0.6) is 0 Å². The second-order valence-electron chi connectivity index (χ2n) is 7.63. The molecule has 1 amide bonds. The second kappa shape index (κ2) is 7.66. The number of nitrogens with zero attached hydrogens (tertiary/aromatic N) is 2. The van der Waals surface area contributed by atoms with Crippen LogP contribution in [0.1, 0.15) is 43.0 Å². The van der Waals surface area contributed by atoms with Crippen LogP contribution in [-0.2, 0) is 10.9 Å². The zero-order chi connectivity index (χ0) is 21.4. The third-order valence-corrected chi connectivity index (χ3v) is 5.69. The number of alkyl halides is 6. The lowest BCUT2D eigenvalue weighted by Crippen LogP contribution is -2.50. The smallest absolute Gasteiger partial charge is 0.433 e. The van der Waals surface area contributed by atoms with Gasteiger partial charge in [-0.15, -0.1) is 0 Å². The van der Waals surface area contributed by atoms with Crippen LogP contribution in [-0.4, -0.2) is 53.1 Å². The number of amides is 1. The summed E-state index contributed by atoms with van der Waals surface area (Å²) in [5.41, 5.74) is -0.711. The predicted molar refractivity (Wildman–Crippen MR) is 87.9 cm³/mol. The molecule has 11 heteroatoms. The van der Waals surface area contributed by atoms with Gasteiger partial charge in [0.15, 0.2) is 0 Å². The molecular weight excluding hydrogens is 406 g/mol. The molecule has 1 saturated carbocycles. The number of piperidine rings is 1.